The summed E-state index contributed by atoms with van der Waals surface area (Å²) in [6.07, 6.45) is 2.78. The standard InChI is InChI=1S/C15H23NO3/c1-15(2)7-13(17)12(14(18)8-15)6-11-9-16(3)4-5-19-10-11/h6,11H,4-5,7-10H2,1-3H3. The Morgan fingerprint density at radius 2 is 1.89 bits per heavy atom. The fourth-order valence-electron chi connectivity index (χ4n) is 2.80. The molecule has 19 heavy (non-hydrogen) atoms. The molecule has 0 bridgehead atoms. The van der Waals surface area contributed by atoms with Crippen molar-refractivity contribution in [3.8, 4) is 0 Å². The van der Waals surface area contributed by atoms with Gasteiger partial charge in [-0.3, -0.25) is 9.59 Å². The summed E-state index contributed by atoms with van der Waals surface area (Å²) in [7, 11) is 2.04. The zero-order valence-corrected chi connectivity index (χ0v) is 12.1. The van der Waals surface area contributed by atoms with E-state index in [0.29, 0.717) is 31.6 Å². The lowest BCUT2D eigenvalue weighted by atomic mass is 9.73. The first kappa shape index (κ1) is 14.4. The lowest BCUT2D eigenvalue weighted by Crippen LogP contribution is -2.32. The molecule has 1 saturated heterocycles. The summed E-state index contributed by atoms with van der Waals surface area (Å²) in [5, 5.41) is 0. The van der Waals surface area contributed by atoms with Crippen LogP contribution < -0.4 is 0 Å². The number of hydrogen-bond donors (Lipinski definition) is 0. The highest BCUT2D eigenvalue weighted by Gasteiger charge is 2.35. The number of Topliss-reactive ketones (excluding diaryl/α,β-unsaturated/α-hetero) is 2. The highest BCUT2D eigenvalue weighted by molar-refractivity contribution is 6.22. The van der Waals surface area contributed by atoms with Gasteiger partial charge in [0.1, 0.15) is 0 Å². The average molecular weight is 265 g/mol. The van der Waals surface area contributed by atoms with Crippen LogP contribution in [0.2, 0.25) is 0 Å². The number of carbonyl (C=O) groups excluding carboxylic acids is 2. The number of nitrogens with zero attached hydrogens (tertiary/aromatic N) is 1. The van der Waals surface area contributed by atoms with Gasteiger partial charge in [-0.1, -0.05) is 19.9 Å². The SMILES string of the molecule is CN1CCOCC(C=C2C(=O)CC(C)(C)CC2=O)C1. The molecule has 1 atom stereocenters. The van der Waals surface area contributed by atoms with E-state index >= 15 is 0 Å². The summed E-state index contributed by atoms with van der Waals surface area (Å²) in [6.45, 7) is 7.00. The largest absolute Gasteiger partial charge is 0.379 e. The summed E-state index contributed by atoms with van der Waals surface area (Å²) in [6, 6.07) is 0. The number of rotatable bonds is 1. The van der Waals surface area contributed by atoms with Gasteiger partial charge in [-0.05, 0) is 12.5 Å². The summed E-state index contributed by atoms with van der Waals surface area (Å²) in [5.41, 5.74) is 0.214. The molecular formula is C15H23NO3. The van der Waals surface area contributed by atoms with Crippen molar-refractivity contribution < 1.29 is 14.3 Å². The molecule has 0 spiro atoms. The van der Waals surface area contributed by atoms with Crippen LogP contribution in [0.4, 0.5) is 0 Å². The zero-order valence-electron chi connectivity index (χ0n) is 12.1. The minimum absolute atomic E-state index is 0.00634. The van der Waals surface area contributed by atoms with Gasteiger partial charge in [-0.15, -0.1) is 0 Å². The maximum absolute atomic E-state index is 12.1. The monoisotopic (exact) mass is 265 g/mol. The maximum Gasteiger partial charge on any atom is 0.166 e. The third-order valence-electron chi connectivity index (χ3n) is 3.78. The molecule has 1 aliphatic carbocycles. The van der Waals surface area contributed by atoms with Crippen LogP contribution in [0.15, 0.2) is 11.6 Å². The minimum atomic E-state index is -0.192. The van der Waals surface area contributed by atoms with Crippen molar-refractivity contribution in [2.24, 2.45) is 11.3 Å². The summed E-state index contributed by atoms with van der Waals surface area (Å²) >= 11 is 0. The molecule has 2 aliphatic rings. The Kier molecular flexibility index (Phi) is 4.21. The Morgan fingerprint density at radius 1 is 1.26 bits per heavy atom. The Labute approximate surface area is 114 Å². The first-order valence-electron chi connectivity index (χ1n) is 6.92. The van der Waals surface area contributed by atoms with Crippen molar-refractivity contribution in [3.63, 3.8) is 0 Å². The van der Waals surface area contributed by atoms with Crippen LogP contribution in [0.5, 0.6) is 0 Å². The normalized spacial score (nSPS) is 29.2. The van der Waals surface area contributed by atoms with Crippen molar-refractivity contribution in [2.75, 3.05) is 33.4 Å². The van der Waals surface area contributed by atoms with E-state index in [1.54, 1.807) is 0 Å². The third-order valence-corrected chi connectivity index (χ3v) is 3.78. The highest BCUT2D eigenvalue weighted by atomic mass is 16.5. The molecule has 4 nitrogen and oxygen atoms in total. The molecule has 0 aromatic heterocycles. The van der Waals surface area contributed by atoms with Gasteiger partial charge in [-0.25, -0.2) is 0 Å². The van der Waals surface area contributed by atoms with E-state index in [-0.39, 0.29) is 22.9 Å². The van der Waals surface area contributed by atoms with E-state index in [9.17, 15) is 9.59 Å². The van der Waals surface area contributed by atoms with Gasteiger partial charge in [0.15, 0.2) is 11.6 Å². The molecule has 0 aromatic carbocycles. The lowest BCUT2D eigenvalue weighted by Gasteiger charge is -2.29. The Morgan fingerprint density at radius 3 is 2.53 bits per heavy atom. The maximum atomic E-state index is 12.1. The second-order valence-corrected chi connectivity index (χ2v) is 6.54. The second-order valence-electron chi connectivity index (χ2n) is 6.54. The van der Waals surface area contributed by atoms with Gasteiger partial charge in [0.05, 0.1) is 18.8 Å². The number of allylic oxidation sites excluding steroid dienone is 1. The zero-order chi connectivity index (χ0) is 14.0. The number of hydrogen-bond acceptors (Lipinski definition) is 4. The van der Waals surface area contributed by atoms with Crippen molar-refractivity contribution >= 4 is 11.6 Å². The molecule has 0 aromatic rings. The number of ether oxygens (including phenoxy) is 1. The molecule has 1 aliphatic heterocycles. The predicted molar refractivity (Wildman–Crippen MR) is 72.9 cm³/mol. The molecule has 4 heteroatoms. The second kappa shape index (κ2) is 5.55. The first-order valence-corrected chi connectivity index (χ1v) is 6.92. The van der Waals surface area contributed by atoms with Crippen molar-refractivity contribution in [3.05, 3.63) is 11.6 Å². The summed E-state index contributed by atoms with van der Waals surface area (Å²) in [4.78, 5) is 26.4. The molecule has 2 fully saturated rings. The van der Waals surface area contributed by atoms with Crippen molar-refractivity contribution in [1.29, 1.82) is 0 Å². The highest BCUT2D eigenvalue weighted by Crippen LogP contribution is 2.34. The number of carbonyl (C=O) groups is 2. The molecule has 1 unspecified atom stereocenters. The molecule has 0 N–H and O–H groups in total. The fraction of sp³-hybridized carbons (Fsp3) is 0.733. The van der Waals surface area contributed by atoms with Crippen LogP contribution in [0.3, 0.4) is 0 Å². The topological polar surface area (TPSA) is 46.6 Å². The summed E-state index contributed by atoms with van der Waals surface area (Å²) in [5.74, 6) is 0.123. The van der Waals surface area contributed by atoms with Gasteiger partial charge in [0.25, 0.3) is 0 Å². The first-order chi connectivity index (χ1) is 8.87. The van der Waals surface area contributed by atoms with Gasteiger partial charge >= 0.3 is 0 Å². The molecule has 1 saturated carbocycles. The molecule has 1 heterocycles. The van der Waals surface area contributed by atoms with E-state index in [1.807, 2.05) is 27.0 Å². The minimum Gasteiger partial charge on any atom is -0.379 e. The van der Waals surface area contributed by atoms with Gasteiger partial charge in [-0.2, -0.15) is 0 Å². The number of likely N-dealkylation sites (N-methyl/N-ethyl adjacent to an activating group) is 1. The van der Waals surface area contributed by atoms with Gasteiger partial charge < -0.3 is 9.64 Å². The van der Waals surface area contributed by atoms with E-state index in [4.69, 9.17) is 4.74 Å². The van der Waals surface area contributed by atoms with Crippen LogP contribution in [-0.2, 0) is 14.3 Å². The molecule has 0 amide bonds. The predicted octanol–water partition coefficient (Wildman–Crippen LogP) is 1.45. The molecule has 0 radical (unpaired) electrons. The molecular weight excluding hydrogens is 242 g/mol. The Hall–Kier alpha value is -1.00. The molecule has 106 valence electrons. The van der Waals surface area contributed by atoms with Gasteiger partial charge in [0, 0.05) is 31.8 Å². The van der Waals surface area contributed by atoms with E-state index in [0.717, 1.165) is 13.1 Å². The third kappa shape index (κ3) is 3.74. The van der Waals surface area contributed by atoms with E-state index in [1.165, 1.54) is 0 Å². The smallest absolute Gasteiger partial charge is 0.166 e. The lowest BCUT2D eigenvalue weighted by molar-refractivity contribution is -0.127. The fourth-order valence-corrected chi connectivity index (χ4v) is 2.80. The van der Waals surface area contributed by atoms with Crippen LogP contribution in [0.25, 0.3) is 0 Å². The van der Waals surface area contributed by atoms with Crippen LogP contribution in [-0.4, -0.2) is 49.8 Å². The van der Waals surface area contributed by atoms with Crippen LogP contribution in [0, 0.1) is 11.3 Å². The van der Waals surface area contributed by atoms with E-state index in [2.05, 4.69) is 4.90 Å². The quantitative estimate of drug-likeness (QED) is 0.532. The van der Waals surface area contributed by atoms with Crippen LogP contribution in [0.1, 0.15) is 26.7 Å². The number of ketones is 2. The molecule has 2 rings (SSSR count). The average Bonchev–Trinajstić information content (AvgIpc) is 2.47. The van der Waals surface area contributed by atoms with E-state index < -0.39 is 0 Å². The van der Waals surface area contributed by atoms with Crippen molar-refractivity contribution in [2.45, 2.75) is 26.7 Å². The Bertz CT molecular complexity index is 390. The van der Waals surface area contributed by atoms with Crippen LogP contribution >= 0.6 is 0 Å². The van der Waals surface area contributed by atoms with Gasteiger partial charge in [0.2, 0.25) is 0 Å². The van der Waals surface area contributed by atoms with Crippen molar-refractivity contribution in [1.82, 2.24) is 4.90 Å². The Balaban J connectivity index is 2.13. The summed E-state index contributed by atoms with van der Waals surface area (Å²) < 4.78 is 5.52.